The van der Waals surface area contributed by atoms with Crippen LogP contribution in [0.25, 0.3) is 0 Å². The normalized spacial score (nSPS) is 16.0. The molecule has 16 heavy (non-hydrogen) atoms. The Morgan fingerprint density at radius 3 is 2.06 bits per heavy atom. The Kier molecular flexibility index (Phi) is 3.35. The van der Waals surface area contributed by atoms with Gasteiger partial charge in [0.05, 0.1) is 27.4 Å². The van der Waals surface area contributed by atoms with Gasteiger partial charge in [-0.05, 0) is 0 Å². The number of anilines is 1. The van der Waals surface area contributed by atoms with Gasteiger partial charge in [-0.3, -0.25) is 0 Å². The van der Waals surface area contributed by atoms with Crippen molar-refractivity contribution in [3.63, 3.8) is 0 Å². The van der Waals surface area contributed by atoms with Crippen LogP contribution in [-0.2, 0) is 4.74 Å². The molecule has 0 aliphatic carbocycles. The molecule has 1 aliphatic rings. The molecule has 0 radical (unpaired) electrons. The average molecular weight is 226 g/mol. The number of hydrogen-bond acceptors (Lipinski definition) is 7. The van der Waals surface area contributed by atoms with E-state index in [0.717, 1.165) is 13.1 Å². The summed E-state index contributed by atoms with van der Waals surface area (Å²) in [6, 6.07) is 0.515. The van der Waals surface area contributed by atoms with E-state index < -0.39 is 0 Å². The van der Waals surface area contributed by atoms with E-state index >= 15 is 0 Å². The highest BCUT2D eigenvalue weighted by atomic mass is 16.5. The first kappa shape index (κ1) is 10.9. The molecule has 0 unspecified atom stereocenters. The van der Waals surface area contributed by atoms with Crippen LogP contribution in [0.4, 0.5) is 5.95 Å². The highest BCUT2D eigenvalue weighted by Gasteiger charge is 2.16. The lowest BCUT2D eigenvalue weighted by molar-refractivity contribution is 0.121. The Labute approximate surface area is 93.4 Å². The number of morpholine rings is 1. The smallest absolute Gasteiger partial charge is 0.324 e. The first-order valence-corrected chi connectivity index (χ1v) is 5.00. The maximum atomic E-state index is 5.26. The fraction of sp³-hybridized carbons (Fsp3) is 0.667. The van der Waals surface area contributed by atoms with E-state index in [-0.39, 0.29) is 12.0 Å². The molecule has 1 fully saturated rings. The lowest BCUT2D eigenvalue weighted by atomic mass is 10.4. The predicted molar refractivity (Wildman–Crippen MR) is 56.0 cm³/mol. The molecule has 0 amide bonds. The Morgan fingerprint density at radius 1 is 1.00 bits per heavy atom. The van der Waals surface area contributed by atoms with E-state index in [0.29, 0.717) is 19.2 Å². The minimum Gasteiger partial charge on any atom is -0.467 e. The highest BCUT2D eigenvalue weighted by molar-refractivity contribution is 5.32. The third-order valence-corrected chi connectivity index (χ3v) is 2.24. The second-order valence-corrected chi connectivity index (χ2v) is 3.21. The molecule has 1 saturated heterocycles. The number of methoxy groups -OCH3 is 2. The van der Waals surface area contributed by atoms with Crippen molar-refractivity contribution < 1.29 is 14.2 Å². The molecular weight excluding hydrogens is 212 g/mol. The third kappa shape index (κ3) is 2.30. The Hall–Kier alpha value is -1.63. The van der Waals surface area contributed by atoms with Crippen LogP contribution in [0.1, 0.15) is 0 Å². The van der Waals surface area contributed by atoms with Crippen LogP contribution in [0, 0.1) is 0 Å². The van der Waals surface area contributed by atoms with E-state index in [2.05, 4.69) is 15.0 Å². The Balaban J connectivity index is 2.24. The number of rotatable bonds is 3. The standard InChI is InChI=1S/C9H14N4O3/c1-14-8-10-7(11-9(12-8)15-2)13-3-5-16-6-4-13/h3-6H2,1-2H3. The Bertz CT molecular complexity index is 332. The maximum Gasteiger partial charge on any atom is 0.324 e. The van der Waals surface area contributed by atoms with Crippen LogP contribution in [0.3, 0.4) is 0 Å². The van der Waals surface area contributed by atoms with Crippen LogP contribution < -0.4 is 14.4 Å². The number of nitrogens with zero attached hydrogens (tertiary/aromatic N) is 4. The lowest BCUT2D eigenvalue weighted by Crippen LogP contribution is -2.37. The van der Waals surface area contributed by atoms with Crippen molar-refractivity contribution in [2.45, 2.75) is 0 Å². The zero-order valence-electron chi connectivity index (χ0n) is 9.34. The zero-order valence-corrected chi connectivity index (χ0v) is 9.34. The van der Waals surface area contributed by atoms with E-state index in [4.69, 9.17) is 14.2 Å². The third-order valence-electron chi connectivity index (χ3n) is 2.24. The summed E-state index contributed by atoms with van der Waals surface area (Å²) in [6.07, 6.45) is 0. The van der Waals surface area contributed by atoms with Gasteiger partial charge in [-0.25, -0.2) is 0 Å². The van der Waals surface area contributed by atoms with Gasteiger partial charge in [0.2, 0.25) is 5.95 Å². The quantitative estimate of drug-likeness (QED) is 0.702. The topological polar surface area (TPSA) is 69.6 Å². The van der Waals surface area contributed by atoms with Crippen LogP contribution in [0.5, 0.6) is 12.0 Å². The molecule has 0 N–H and O–H groups in total. The molecule has 0 saturated carbocycles. The molecule has 88 valence electrons. The number of hydrogen-bond donors (Lipinski definition) is 0. The average Bonchev–Trinajstić information content (AvgIpc) is 2.39. The second kappa shape index (κ2) is 4.93. The van der Waals surface area contributed by atoms with Gasteiger partial charge in [-0.15, -0.1) is 4.98 Å². The molecule has 7 nitrogen and oxygen atoms in total. The molecule has 0 bridgehead atoms. The van der Waals surface area contributed by atoms with Gasteiger partial charge in [0, 0.05) is 13.1 Å². The molecule has 7 heteroatoms. The van der Waals surface area contributed by atoms with Crippen molar-refractivity contribution in [1.82, 2.24) is 15.0 Å². The fourth-order valence-electron chi connectivity index (χ4n) is 1.42. The van der Waals surface area contributed by atoms with Crippen LogP contribution in [-0.4, -0.2) is 55.5 Å². The zero-order chi connectivity index (χ0) is 11.4. The molecule has 0 atom stereocenters. The number of ether oxygens (including phenoxy) is 3. The number of aromatic nitrogens is 3. The van der Waals surface area contributed by atoms with Gasteiger partial charge < -0.3 is 19.1 Å². The summed E-state index contributed by atoms with van der Waals surface area (Å²) >= 11 is 0. The van der Waals surface area contributed by atoms with Gasteiger partial charge in [0.25, 0.3) is 0 Å². The van der Waals surface area contributed by atoms with Crippen molar-refractivity contribution in [1.29, 1.82) is 0 Å². The van der Waals surface area contributed by atoms with Gasteiger partial charge >= 0.3 is 12.0 Å². The summed E-state index contributed by atoms with van der Waals surface area (Å²) in [4.78, 5) is 14.3. The van der Waals surface area contributed by atoms with E-state index in [9.17, 15) is 0 Å². The second-order valence-electron chi connectivity index (χ2n) is 3.21. The van der Waals surface area contributed by atoms with E-state index in [1.165, 1.54) is 14.2 Å². The molecule has 0 spiro atoms. The van der Waals surface area contributed by atoms with Crippen LogP contribution in [0.2, 0.25) is 0 Å². The SMILES string of the molecule is COc1nc(OC)nc(N2CCOCC2)n1. The van der Waals surface area contributed by atoms with Gasteiger partial charge in [-0.1, -0.05) is 0 Å². The van der Waals surface area contributed by atoms with Crippen molar-refractivity contribution in [3.05, 3.63) is 0 Å². The summed E-state index contributed by atoms with van der Waals surface area (Å²) in [5.74, 6) is 0.562. The summed E-state index contributed by atoms with van der Waals surface area (Å²) in [5.41, 5.74) is 0. The molecule has 1 aromatic heterocycles. The van der Waals surface area contributed by atoms with Crippen LogP contribution >= 0.6 is 0 Å². The monoisotopic (exact) mass is 226 g/mol. The van der Waals surface area contributed by atoms with E-state index in [1.54, 1.807) is 0 Å². The van der Waals surface area contributed by atoms with Crippen molar-refractivity contribution in [3.8, 4) is 12.0 Å². The van der Waals surface area contributed by atoms with E-state index in [1.807, 2.05) is 4.90 Å². The lowest BCUT2D eigenvalue weighted by Gasteiger charge is -2.26. The maximum absolute atomic E-state index is 5.26. The highest BCUT2D eigenvalue weighted by Crippen LogP contribution is 2.16. The van der Waals surface area contributed by atoms with Crippen molar-refractivity contribution in [2.24, 2.45) is 0 Å². The largest absolute Gasteiger partial charge is 0.467 e. The molecule has 0 aromatic carbocycles. The van der Waals surface area contributed by atoms with Gasteiger partial charge in [0.1, 0.15) is 0 Å². The predicted octanol–water partition coefficient (Wildman–Crippen LogP) is -0.275. The summed E-state index contributed by atoms with van der Waals surface area (Å²) < 4.78 is 15.2. The van der Waals surface area contributed by atoms with Crippen molar-refractivity contribution >= 4 is 5.95 Å². The Morgan fingerprint density at radius 2 is 1.56 bits per heavy atom. The fourth-order valence-corrected chi connectivity index (χ4v) is 1.42. The molecule has 1 aliphatic heterocycles. The summed E-state index contributed by atoms with van der Waals surface area (Å²) in [6.45, 7) is 2.87. The first-order chi connectivity index (χ1) is 7.83. The summed E-state index contributed by atoms with van der Waals surface area (Å²) in [5, 5.41) is 0. The van der Waals surface area contributed by atoms with Gasteiger partial charge in [0.15, 0.2) is 0 Å². The van der Waals surface area contributed by atoms with Crippen LogP contribution in [0.15, 0.2) is 0 Å². The molecule has 2 rings (SSSR count). The minimum atomic E-state index is 0.258. The van der Waals surface area contributed by atoms with Gasteiger partial charge in [-0.2, -0.15) is 9.97 Å². The molecular formula is C9H14N4O3. The molecule has 2 heterocycles. The molecule has 1 aromatic rings. The summed E-state index contributed by atoms with van der Waals surface area (Å²) in [7, 11) is 3.02. The first-order valence-electron chi connectivity index (χ1n) is 5.00. The minimum absolute atomic E-state index is 0.258. The van der Waals surface area contributed by atoms with Crippen molar-refractivity contribution in [2.75, 3.05) is 45.4 Å².